The lowest BCUT2D eigenvalue weighted by atomic mass is 10.0. The van der Waals surface area contributed by atoms with Crippen LogP contribution in [0.1, 0.15) is 0 Å². The van der Waals surface area contributed by atoms with Gasteiger partial charge in [0.1, 0.15) is 23.0 Å². The highest BCUT2D eigenvalue weighted by Crippen LogP contribution is 2.59. The summed E-state index contributed by atoms with van der Waals surface area (Å²) in [5.41, 5.74) is 6.73. The van der Waals surface area contributed by atoms with Crippen molar-refractivity contribution in [2.45, 2.75) is 0 Å². The molecule has 2 heterocycles. The molecule has 6 aromatic carbocycles. The number of rotatable bonds is 3. The minimum atomic E-state index is -2.54. The summed E-state index contributed by atoms with van der Waals surface area (Å²) in [4.78, 5) is 0. The van der Waals surface area contributed by atoms with E-state index in [2.05, 4.69) is 109 Å². The van der Waals surface area contributed by atoms with E-state index in [4.69, 9.17) is 21.3 Å². The third kappa shape index (κ3) is 3.59. The van der Waals surface area contributed by atoms with Crippen LogP contribution in [0.3, 0.4) is 0 Å². The lowest BCUT2D eigenvalue weighted by molar-refractivity contribution is 0.467. The summed E-state index contributed by atoms with van der Waals surface area (Å²) in [6, 6.07) is 45.9. The Morgan fingerprint density at radius 3 is 1.20 bits per heavy atom. The van der Waals surface area contributed by atoms with Crippen molar-refractivity contribution in [2.24, 2.45) is 0 Å². The zero-order valence-corrected chi connectivity index (χ0v) is 23.2. The third-order valence-corrected chi connectivity index (χ3v) is 12.6. The topological polar surface area (TPSA) is 18.5 Å². The van der Waals surface area contributed by atoms with E-state index in [-0.39, 0.29) is 0 Å². The van der Waals surface area contributed by atoms with Crippen LogP contribution < -0.4 is 25.4 Å². The summed E-state index contributed by atoms with van der Waals surface area (Å²) in [5.74, 6) is 3.22. The van der Waals surface area contributed by atoms with Crippen molar-refractivity contribution in [3.05, 3.63) is 140 Å². The van der Waals surface area contributed by atoms with Crippen LogP contribution in [-0.4, -0.2) is 0 Å². The summed E-state index contributed by atoms with van der Waals surface area (Å²) >= 11 is 6.89. The first kappa shape index (κ1) is 23.5. The van der Waals surface area contributed by atoms with Crippen LogP contribution in [0.2, 0.25) is 0 Å². The average Bonchev–Trinajstić information content (AvgIpc) is 3.02. The van der Waals surface area contributed by atoms with E-state index in [1.54, 1.807) is 0 Å². The number of fused-ring (bicyclic) bond motifs is 4. The maximum absolute atomic E-state index is 6.89. The molecule has 6 aromatic rings. The summed E-state index contributed by atoms with van der Waals surface area (Å²) < 4.78 is 13.3. The van der Waals surface area contributed by atoms with Crippen molar-refractivity contribution >= 4 is 33.8 Å². The Hall–Kier alpha value is -4.43. The van der Waals surface area contributed by atoms with Crippen molar-refractivity contribution < 1.29 is 9.47 Å². The van der Waals surface area contributed by atoms with Crippen molar-refractivity contribution in [3.63, 3.8) is 0 Å². The Balaban J connectivity index is 1.40. The Morgan fingerprint density at radius 2 is 0.775 bits per heavy atom. The van der Waals surface area contributed by atoms with Gasteiger partial charge in [-0.1, -0.05) is 115 Å². The summed E-state index contributed by atoms with van der Waals surface area (Å²) in [5, 5.41) is 3.14. The first-order valence-electron chi connectivity index (χ1n) is 13.3. The Bertz CT molecular complexity index is 1850. The average molecular weight is 551 g/mol. The van der Waals surface area contributed by atoms with E-state index in [1.165, 1.54) is 0 Å². The van der Waals surface area contributed by atoms with E-state index in [0.29, 0.717) is 0 Å². The largest absolute Gasteiger partial charge is 0.456 e. The number of ether oxygens (including phenoxy) is 2. The highest BCUT2D eigenvalue weighted by Gasteiger charge is 2.43. The molecule has 2 nitrogen and oxygen atoms in total. The van der Waals surface area contributed by atoms with Gasteiger partial charge in [-0.25, -0.2) is 0 Å². The van der Waals surface area contributed by atoms with Crippen LogP contribution in [0.25, 0.3) is 33.4 Å². The Labute approximate surface area is 238 Å². The zero-order valence-electron chi connectivity index (χ0n) is 21.5. The highest BCUT2D eigenvalue weighted by molar-refractivity contribution is 8.26. The van der Waals surface area contributed by atoms with Gasteiger partial charge in [0.15, 0.2) is 0 Å². The van der Waals surface area contributed by atoms with E-state index in [0.717, 1.165) is 72.3 Å². The van der Waals surface area contributed by atoms with Gasteiger partial charge >= 0.3 is 0 Å². The fraction of sp³-hybridized carbons (Fsp3) is 0. The van der Waals surface area contributed by atoms with E-state index < -0.39 is 6.04 Å². The van der Waals surface area contributed by atoms with Crippen LogP contribution in [0.5, 0.6) is 23.0 Å². The first-order chi connectivity index (χ1) is 19.7. The maximum atomic E-state index is 6.89. The van der Waals surface area contributed by atoms with Crippen molar-refractivity contribution in [1.29, 1.82) is 0 Å². The van der Waals surface area contributed by atoms with Gasteiger partial charge in [0.2, 0.25) is 0 Å². The standard InChI is InChI=1S/C36H23O2PS/c40-39-34-22-27(24-10-4-1-5-11-24)16-18-30(34)37-32-20-29(26-14-8-3-9-15-26)21-33(36(32)39)38-31-19-17-28(23-35(31)39)25-12-6-2-7-13-25/h1-23H. The number of hydrogen-bond donors (Lipinski definition) is 0. The molecule has 0 saturated carbocycles. The molecule has 0 aliphatic carbocycles. The summed E-state index contributed by atoms with van der Waals surface area (Å²) in [6.07, 6.45) is 0. The van der Waals surface area contributed by atoms with Gasteiger partial charge in [-0.3, -0.25) is 0 Å². The Morgan fingerprint density at radius 1 is 0.375 bits per heavy atom. The number of hydrogen-bond acceptors (Lipinski definition) is 3. The zero-order chi connectivity index (χ0) is 26.7. The predicted octanol–water partition coefficient (Wildman–Crippen LogP) is 8.65. The molecule has 4 heteroatoms. The fourth-order valence-electron chi connectivity index (χ4n) is 5.77. The van der Waals surface area contributed by atoms with Crippen LogP contribution in [0.4, 0.5) is 0 Å². The fourth-order valence-corrected chi connectivity index (χ4v) is 10.3. The second-order valence-electron chi connectivity index (χ2n) is 10.1. The SMILES string of the molecule is S=P12c3cc(-c4ccccc4)ccc3Oc3cc(-c4ccccc4)cc(c31)Oc1ccc(-c3ccccc3)cc12. The van der Waals surface area contributed by atoms with Gasteiger partial charge in [-0.2, -0.15) is 0 Å². The third-order valence-electron chi connectivity index (χ3n) is 7.71. The molecule has 40 heavy (non-hydrogen) atoms. The van der Waals surface area contributed by atoms with Crippen LogP contribution >= 0.6 is 6.04 Å². The lowest BCUT2D eigenvalue weighted by Gasteiger charge is -2.38. The predicted molar refractivity (Wildman–Crippen MR) is 169 cm³/mol. The molecule has 0 bridgehead atoms. The molecule has 0 spiro atoms. The van der Waals surface area contributed by atoms with Crippen molar-refractivity contribution in [3.8, 4) is 56.4 Å². The monoisotopic (exact) mass is 550 g/mol. The van der Waals surface area contributed by atoms with E-state index in [1.807, 2.05) is 30.3 Å². The molecule has 0 fully saturated rings. The van der Waals surface area contributed by atoms with Gasteiger partial charge < -0.3 is 9.47 Å². The molecule has 0 saturated heterocycles. The molecule has 190 valence electrons. The molecule has 2 aliphatic heterocycles. The van der Waals surface area contributed by atoms with Gasteiger partial charge in [-0.05, 0) is 69.8 Å². The normalized spacial score (nSPS) is 13.7. The minimum absolute atomic E-state index is 0.787. The molecule has 0 amide bonds. The number of benzene rings is 6. The second kappa shape index (κ2) is 9.06. The molecular formula is C36H23O2PS. The van der Waals surface area contributed by atoms with Gasteiger partial charge in [0, 0.05) is 10.6 Å². The molecule has 2 aliphatic rings. The first-order valence-corrected chi connectivity index (χ1v) is 16.1. The Kier molecular flexibility index (Phi) is 5.31. The quantitative estimate of drug-likeness (QED) is 0.205. The van der Waals surface area contributed by atoms with Crippen LogP contribution in [-0.2, 0) is 11.8 Å². The molecular weight excluding hydrogens is 527 g/mol. The van der Waals surface area contributed by atoms with Crippen LogP contribution in [0, 0.1) is 0 Å². The smallest absolute Gasteiger partial charge is 0.140 e. The second-order valence-corrected chi connectivity index (χ2v) is 14.4. The van der Waals surface area contributed by atoms with Crippen LogP contribution in [0.15, 0.2) is 140 Å². The lowest BCUT2D eigenvalue weighted by Crippen LogP contribution is -2.35. The summed E-state index contributed by atoms with van der Waals surface area (Å²) in [6.45, 7) is 0. The van der Waals surface area contributed by atoms with Crippen molar-refractivity contribution in [2.75, 3.05) is 0 Å². The van der Waals surface area contributed by atoms with E-state index in [9.17, 15) is 0 Å². The van der Waals surface area contributed by atoms with Gasteiger partial charge in [-0.15, -0.1) is 0 Å². The van der Waals surface area contributed by atoms with Gasteiger partial charge in [0.05, 0.1) is 11.3 Å². The highest BCUT2D eigenvalue weighted by atomic mass is 32.4. The minimum Gasteiger partial charge on any atom is -0.456 e. The molecule has 0 N–H and O–H groups in total. The van der Waals surface area contributed by atoms with Crippen molar-refractivity contribution in [1.82, 2.24) is 0 Å². The molecule has 0 radical (unpaired) electrons. The van der Waals surface area contributed by atoms with E-state index >= 15 is 0 Å². The summed E-state index contributed by atoms with van der Waals surface area (Å²) in [7, 11) is 0. The molecule has 0 aromatic heterocycles. The molecule has 0 atom stereocenters. The molecule has 8 rings (SSSR count). The van der Waals surface area contributed by atoms with Gasteiger partial charge in [0.25, 0.3) is 0 Å². The molecule has 0 unspecified atom stereocenters. The maximum Gasteiger partial charge on any atom is 0.140 e.